The minimum absolute atomic E-state index is 1.09. The molecule has 0 amide bonds. The molecule has 10 heavy (non-hydrogen) atoms. The summed E-state index contributed by atoms with van der Waals surface area (Å²) in [6.07, 6.45) is 0. The van der Waals surface area contributed by atoms with Gasteiger partial charge in [0.15, 0.2) is 0 Å². The van der Waals surface area contributed by atoms with E-state index in [4.69, 9.17) is 0 Å². The third-order valence-corrected chi connectivity index (χ3v) is 1.66. The molecule has 0 fully saturated rings. The number of nitrogens with zero attached hydrogens (tertiary/aromatic N) is 1. The Kier molecular flexibility index (Phi) is 2.65. The van der Waals surface area contributed by atoms with Crippen LogP contribution in [0.5, 0.6) is 0 Å². The van der Waals surface area contributed by atoms with E-state index in [0.29, 0.717) is 0 Å². The molecule has 2 heteroatoms. The molecular formula is C8H13NSi. The topological polar surface area (TPSA) is 3.24 Å². The van der Waals surface area contributed by atoms with Gasteiger partial charge in [0.25, 0.3) is 0 Å². The van der Waals surface area contributed by atoms with Crippen LogP contribution in [-0.2, 0) is 6.54 Å². The molecule has 0 atom stereocenters. The van der Waals surface area contributed by atoms with Crippen molar-refractivity contribution in [2.24, 2.45) is 0 Å². The third-order valence-electron chi connectivity index (χ3n) is 1.34. The van der Waals surface area contributed by atoms with E-state index >= 15 is 0 Å². The first-order valence-electron chi connectivity index (χ1n) is 3.47. The van der Waals surface area contributed by atoms with Gasteiger partial charge in [-0.3, -0.25) is 0 Å². The summed E-state index contributed by atoms with van der Waals surface area (Å²) in [4.78, 5) is 0. The van der Waals surface area contributed by atoms with E-state index in [1.165, 1.54) is 5.56 Å². The highest BCUT2D eigenvalue weighted by molar-refractivity contribution is 6.04. The SMILES string of the molecule is CN([SiH3])Cc1ccccc1. The maximum absolute atomic E-state index is 2.30. The van der Waals surface area contributed by atoms with Crippen LogP contribution in [-0.4, -0.2) is 22.0 Å². The molecule has 0 saturated carbocycles. The zero-order chi connectivity index (χ0) is 7.40. The van der Waals surface area contributed by atoms with Crippen molar-refractivity contribution in [1.29, 1.82) is 0 Å². The van der Waals surface area contributed by atoms with Crippen LogP contribution < -0.4 is 0 Å². The highest BCUT2D eigenvalue weighted by Crippen LogP contribution is 1.99. The highest BCUT2D eigenvalue weighted by Gasteiger charge is 1.90. The second-order valence-corrected chi connectivity index (χ2v) is 4.25. The van der Waals surface area contributed by atoms with E-state index in [-0.39, 0.29) is 0 Å². The molecule has 0 aliphatic carbocycles. The Bertz CT molecular complexity index is 184. The van der Waals surface area contributed by atoms with Gasteiger partial charge < -0.3 is 4.57 Å². The maximum atomic E-state index is 2.30. The van der Waals surface area contributed by atoms with Crippen molar-refractivity contribution < 1.29 is 0 Å². The summed E-state index contributed by atoms with van der Waals surface area (Å²) in [5.74, 6) is 0. The molecule has 0 aromatic heterocycles. The van der Waals surface area contributed by atoms with Crippen LogP contribution in [0.1, 0.15) is 5.56 Å². The summed E-state index contributed by atoms with van der Waals surface area (Å²) in [5, 5.41) is 0. The lowest BCUT2D eigenvalue weighted by atomic mass is 10.2. The van der Waals surface area contributed by atoms with Gasteiger partial charge in [-0.2, -0.15) is 0 Å². The molecule has 0 spiro atoms. The molecule has 0 saturated heterocycles. The first-order valence-corrected chi connectivity index (χ1v) is 4.37. The third kappa shape index (κ3) is 2.33. The fourth-order valence-electron chi connectivity index (χ4n) is 0.949. The van der Waals surface area contributed by atoms with Gasteiger partial charge in [-0.15, -0.1) is 0 Å². The van der Waals surface area contributed by atoms with Crippen molar-refractivity contribution in [3.8, 4) is 0 Å². The highest BCUT2D eigenvalue weighted by atomic mass is 28.2. The fourth-order valence-corrected chi connectivity index (χ4v) is 1.31. The summed E-state index contributed by atoms with van der Waals surface area (Å²) < 4.78 is 2.30. The maximum Gasteiger partial charge on any atom is 0.0785 e. The summed E-state index contributed by atoms with van der Waals surface area (Å²) in [6, 6.07) is 10.5. The largest absolute Gasteiger partial charge is 0.331 e. The first kappa shape index (κ1) is 7.50. The van der Waals surface area contributed by atoms with Crippen LogP contribution in [0, 0.1) is 0 Å². The van der Waals surface area contributed by atoms with Crippen molar-refractivity contribution in [2.75, 3.05) is 7.05 Å². The Labute approximate surface area is 65.2 Å². The van der Waals surface area contributed by atoms with Gasteiger partial charge in [0.2, 0.25) is 0 Å². The Morgan fingerprint density at radius 3 is 2.40 bits per heavy atom. The van der Waals surface area contributed by atoms with Crippen molar-refractivity contribution in [2.45, 2.75) is 6.54 Å². The molecule has 1 aromatic carbocycles. The molecule has 1 rings (SSSR count). The second-order valence-electron chi connectivity index (χ2n) is 2.72. The molecule has 1 aromatic rings. The number of rotatable bonds is 2. The monoisotopic (exact) mass is 151 g/mol. The molecule has 0 unspecified atom stereocenters. The van der Waals surface area contributed by atoms with Gasteiger partial charge in [-0.1, -0.05) is 30.3 Å². The van der Waals surface area contributed by atoms with Gasteiger partial charge in [-0.05, 0) is 12.6 Å². The number of hydrogen-bond acceptors (Lipinski definition) is 1. The Morgan fingerprint density at radius 2 is 1.90 bits per heavy atom. The van der Waals surface area contributed by atoms with Crippen molar-refractivity contribution >= 4 is 10.4 Å². The molecule has 0 bridgehead atoms. The normalized spacial score (nSPS) is 10.6. The van der Waals surface area contributed by atoms with Crippen molar-refractivity contribution in [1.82, 2.24) is 4.57 Å². The lowest BCUT2D eigenvalue weighted by Crippen LogP contribution is -2.12. The quantitative estimate of drug-likeness (QED) is 0.553. The summed E-state index contributed by atoms with van der Waals surface area (Å²) in [6.45, 7) is 1.09. The van der Waals surface area contributed by atoms with Crippen LogP contribution in [0.25, 0.3) is 0 Å². The first-order chi connectivity index (χ1) is 4.79. The van der Waals surface area contributed by atoms with Crippen LogP contribution >= 0.6 is 0 Å². The molecule has 54 valence electrons. The lowest BCUT2D eigenvalue weighted by Gasteiger charge is -2.08. The summed E-state index contributed by atoms with van der Waals surface area (Å²) >= 11 is 0. The predicted molar refractivity (Wildman–Crippen MR) is 47.8 cm³/mol. The standard InChI is InChI=1S/C8H13NSi/c1-9(10)7-8-5-3-2-4-6-8/h2-6H,7H2,1,10H3. The average molecular weight is 151 g/mol. The number of benzene rings is 1. The van der Waals surface area contributed by atoms with Crippen molar-refractivity contribution in [3.63, 3.8) is 0 Å². The molecule has 0 N–H and O–H groups in total. The Morgan fingerprint density at radius 1 is 1.30 bits per heavy atom. The minimum Gasteiger partial charge on any atom is -0.331 e. The van der Waals surface area contributed by atoms with E-state index < -0.39 is 0 Å². The van der Waals surface area contributed by atoms with Gasteiger partial charge in [0.05, 0.1) is 10.4 Å². The van der Waals surface area contributed by atoms with Gasteiger partial charge in [0, 0.05) is 6.54 Å². The zero-order valence-corrected chi connectivity index (χ0v) is 8.54. The van der Waals surface area contributed by atoms with Crippen LogP contribution in [0.4, 0.5) is 0 Å². The van der Waals surface area contributed by atoms with E-state index in [1.54, 1.807) is 0 Å². The predicted octanol–water partition coefficient (Wildman–Crippen LogP) is 0.399. The van der Waals surface area contributed by atoms with Crippen LogP contribution in [0.15, 0.2) is 30.3 Å². The second kappa shape index (κ2) is 3.54. The van der Waals surface area contributed by atoms with Gasteiger partial charge >= 0.3 is 0 Å². The van der Waals surface area contributed by atoms with E-state index in [0.717, 1.165) is 16.9 Å². The smallest absolute Gasteiger partial charge is 0.0785 e. The average Bonchev–Trinajstić information content (AvgIpc) is 1.88. The van der Waals surface area contributed by atoms with Crippen molar-refractivity contribution in [3.05, 3.63) is 35.9 Å². The Hall–Kier alpha value is -0.603. The van der Waals surface area contributed by atoms with Gasteiger partial charge in [-0.25, -0.2) is 0 Å². The zero-order valence-electron chi connectivity index (χ0n) is 6.54. The molecule has 1 nitrogen and oxygen atoms in total. The van der Waals surface area contributed by atoms with E-state index in [9.17, 15) is 0 Å². The fraction of sp³-hybridized carbons (Fsp3) is 0.250. The summed E-state index contributed by atoms with van der Waals surface area (Å²) in [5.41, 5.74) is 1.40. The molecule has 0 heterocycles. The minimum atomic E-state index is 1.09. The van der Waals surface area contributed by atoms with Gasteiger partial charge in [0.1, 0.15) is 0 Å². The molecule has 0 aliphatic heterocycles. The van der Waals surface area contributed by atoms with Crippen LogP contribution in [0.2, 0.25) is 0 Å². The van der Waals surface area contributed by atoms with Crippen LogP contribution in [0.3, 0.4) is 0 Å². The lowest BCUT2D eigenvalue weighted by molar-refractivity contribution is 0.544. The van der Waals surface area contributed by atoms with E-state index in [2.05, 4.69) is 41.9 Å². The molecular weight excluding hydrogens is 138 g/mol. The molecule has 0 aliphatic rings. The molecule has 0 radical (unpaired) electrons. The Balaban J connectivity index is 2.59. The summed E-state index contributed by atoms with van der Waals surface area (Å²) in [7, 11) is 3.28. The van der Waals surface area contributed by atoms with E-state index in [1.807, 2.05) is 0 Å². The number of hydrogen-bond donors (Lipinski definition) is 0.